The summed E-state index contributed by atoms with van der Waals surface area (Å²) < 4.78 is 10.6. The second kappa shape index (κ2) is 7.55. The minimum absolute atomic E-state index is 0.168. The van der Waals surface area contributed by atoms with Crippen LogP contribution in [0.2, 0.25) is 0 Å². The Morgan fingerprint density at radius 2 is 2.00 bits per heavy atom. The normalized spacial score (nSPS) is 10.1. The van der Waals surface area contributed by atoms with Gasteiger partial charge in [-0.05, 0) is 37.5 Å². The second-order valence-corrected chi connectivity index (χ2v) is 3.80. The molecule has 0 saturated carbocycles. The van der Waals surface area contributed by atoms with Gasteiger partial charge in [-0.15, -0.1) is 0 Å². The first-order valence-corrected chi connectivity index (χ1v) is 5.84. The Morgan fingerprint density at radius 1 is 1.22 bits per heavy atom. The zero-order valence-corrected chi connectivity index (χ0v) is 10.4. The molecule has 0 spiro atoms. The molecule has 0 aliphatic rings. The summed E-state index contributed by atoms with van der Waals surface area (Å²) in [5.74, 6) is -0.0497. The maximum atomic E-state index is 10.8. The fourth-order valence-corrected chi connectivity index (χ4v) is 1.50. The lowest BCUT2D eigenvalue weighted by atomic mass is 10.2. The SMILES string of the molecule is COc1ccc(C(=O)O)cc1OCCCCCO. The number of benzene rings is 1. The number of hydrogen-bond donors (Lipinski definition) is 2. The van der Waals surface area contributed by atoms with Crippen molar-refractivity contribution in [2.45, 2.75) is 19.3 Å². The number of hydrogen-bond acceptors (Lipinski definition) is 4. The molecule has 1 rings (SSSR count). The summed E-state index contributed by atoms with van der Waals surface area (Å²) in [5.41, 5.74) is 0.168. The standard InChI is InChI=1S/C13H18O5/c1-17-11-6-5-10(13(15)16)9-12(11)18-8-4-2-3-7-14/h5-6,9,14H,2-4,7-8H2,1H3,(H,15,16). The lowest BCUT2D eigenvalue weighted by Gasteiger charge is -2.11. The minimum Gasteiger partial charge on any atom is -0.493 e. The van der Waals surface area contributed by atoms with Crippen LogP contribution >= 0.6 is 0 Å². The van der Waals surface area contributed by atoms with Gasteiger partial charge in [0, 0.05) is 6.61 Å². The molecule has 100 valence electrons. The molecule has 1 aromatic carbocycles. The molecule has 2 N–H and O–H groups in total. The molecule has 0 bridgehead atoms. The van der Waals surface area contributed by atoms with E-state index in [9.17, 15) is 4.79 Å². The number of ether oxygens (including phenoxy) is 2. The van der Waals surface area contributed by atoms with Gasteiger partial charge in [0.15, 0.2) is 11.5 Å². The maximum Gasteiger partial charge on any atom is 0.335 e. The zero-order chi connectivity index (χ0) is 13.4. The summed E-state index contributed by atoms with van der Waals surface area (Å²) >= 11 is 0. The summed E-state index contributed by atoms with van der Waals surface area (Å²) in [6.07, 6.45) is 2.42. The van der Waals surface area contributed by atoms with Gasteiger partial charge < -0.3 is 19.7 Å². The van der Waals surface area contributed by atoms with E-state index in [0.29, 0.717) is 18.1 Å². The van der Waals surface area contributed by atoms with E-state index >= 15 is 0 Å². The Labute approximate surface area is 106 Å². The van der Waals surface area contributed by atoms with Crippen LogP contribution in [0.5, 0.6) is 11.5 Å². The first kappa shape index (κ1) is 14.3. The molecule has 0 amide bonds. The summed E-state index contributed by atoms with van der Waals surface area (Å²) in [6, 6.07) is 4.50. The summed E-state index contributed by atoms with van der Waals surface area (Å²) in [4.78, 5) is 10.8. The number of unbranched alkanes of at least 4 members (excludes halogenated alkanes) is 2. The lowest BCUT2D eigenvalue weighted by Crippen LogP contribution is -2.02. The molecule has 0 radical (unpaired) electrons. The van der Waals surface area contributed by atoms with Gasteiger partial charge in [0.2, 0.25) is 0 Å². The van der Waals surface area contributed by atoms with Crippen molar-refractivity contribution in [3.05, 3.63) is 23.8 Å². The van der Waals surface area contributed by atoms with Crippen LogP contribution < -0.4 is 9.47 Å². The number of carboxylic acid groups (broad SMARTS) is 1. The molecule has 0 aliphatic carbocycles. The van der Waals surface area contributed by atoms with E-state index in [2.05, 4.69) is 0 Å². The molecular formula is C13H18O5. The van der Waals surface area contributed by atoms with Gasteiger partial charge in [0.25, 0.3) is 0 Å². The van der Waals surface area contributed by atoms with Crippen molar-refractivity contribution in [3.8, 4) is 11.5 Å². The predicted molar refractivity (Wildman–Crippen MR) is 66.4 cm³/mol. The summed E-state index contributed by atoms with van der Waals surface area (Å²) in [5, 5.41) is 17.5. The van der Waals surface area contributed by atoms with E-state index < -0.39 is 5.97 Å². The fourth-order valence-electron chi connectivity index (χ4n) is 1.50. The average Bonchev–Trinajstić information content (AvgIpc) is 2.38. The Bertz CT molecular complexity index is 389. The van der Waals surface area contributed by atoms with Crippen LogP contribution in [0.15, 0.2) is 18.2 Å². The molecule has 0 heterocycles. The first-order chi connectivity index (χ1) is 8.69. The third kappa shape index (κ3) is 4.25. The molecule has 0 aliphatic heterocycles. The molecule has 5 heteroatoms. The highest BCUT2D eigenvalue weighted by Crippen LogP contribution is 2.28. The molecule has 0 atom stereocenters. The quantitative estimate of drug-likeness (QED) is 0.693. The van der Waals surface area contributed by atoms with E-state index in [0.717, 1.165) is 19.3 Å². The number of aromatic carboxylic acids is 1. The smallest absolute Gasteiger partial charge is 0.335 e. The monoisotopic (exact) mass is 254 g/mol. The minimum atomic E-state index is -0.997. The largest absolute Gasteiger partial charge is 0.493 e. The topological polar surface area (TPSA) is 76.0 Å². The maximum absolute atomic E-state index is 10.8. The number of carbonyl (C=O) groups is 1. The van der Waals surface area contributed by atoms with Gasteiger partial charge >= 0.3 is 5.97 Å². The van der Waals surface area contributed by atoms with Crippen molar-refractivity contribution in [3.63, 3.8) is 0 Å². The molecule has 1 aromatic rings. The lowest BCUT2D eigenvalue weighted by molar-refractivity contribution is 0.0696. The van der Waals surface area contributed by atoms with Crippen molar-refractivity contribution < 1.29 is 24.5 Å². The Balaban J connectivity index is 2.61. The molecular weight excluding hydrogens is 236 g/mol. The second-order valence-electron chi connectivity index (χ2n) is 3.80. The highest BCUT2D eigenvalue weighted by atomic mass is 16.5. The molecule has 0 unspecified atom stereocenters. The Kier molecular flexibility index (Phi) is 6.00. The van der Waals surface area contributed by atoms with Crippen LogP contribution in [0.25, 0.3) is 0 Å². The average molecular weight is 254 g/mol. The van der Waals surface area contributed by atoms with E-state index in [1.165, 1.54) is 19.2 Å². The van der Waals surface area contributed by atoms with Gasteiger partial charge in [-0.1, -0.05) is 0 Å². The van der Waals surface area contributed by atoms with Gasteiger partial charge in [0.1, 0.15) is 0 Å². The van der Waals surface area contributed by atoms with E-state index in [1.54, 1.807) is 6.07 Å². The van der Waals surface area contributed by atoms with Gasteiger partial charge in [-0.2, -0.15) is 0 Å². The van der Waals surface area contributed by atoms with Crippen molar-refractivity contribution in [2.24, 2.45) is 0 Å². The van der Waals surface area contributed by atoms with Gasteiger partial charge in [-0.25, -0.2) is 4.79 Å². The molecule has 0 saturated heterocycles. The number of carboxylic acids is 1. The van der Waals surface area contributed by atoms with Crippen LogP contribution in [0.4, 0.5) is 0 Å². The highest BCUT2D eigenvalue weighted by Gasteiger charge is 2.09. The van der Waals surface area contributed by atoms with Gasteiger partial charge in [0.05, 0.1) is 19.3 Å². The van der Waals surface area contributed by atoms with E-state index in [1.807, 2.05) is 0 Å². The molecule has 5 nitrogen and oxygen atoms in total. The van der Waals surface area contributed by atoms with Crippen LogP contribution in [0.1, 0.15) is 29.6 Å². The fraction of sp³-hybridized carbons (Fsp3) is 0.462. The van der Waals surface area contributed by atoms with Crippen LogP contribution in [0, 0.1) is 0 Å². The summed E-state index contributed by atoms with van der Waals surface area (Å²) in [6.45, 7) is 0.650. The number of rotatable bonds is 8. The zero-order valence-electron chi connectivity index (χ0n) is 10.4. The van der Waals surface area contributed by atoms with Crippen LogP contribution in [0.3, 0.4) is 0 Å². The third-order valence-corrected chi connectivity index (χ3v) is 2.47. The van der Waals surface area contributed by atoms with Crippen molar-refractivity contribution >= 4 is 5.97 Å². The highest BCUT2D eigenvalue weighted by molar-refractivity contribution is 5.88. The Hall–Kier alpha value is -1.75. The molecule has 18 heavy (non-hydrogen) atoms. The van der Waals surface area contributed by atoms with Crippen molar-refractivity contribution in [1.29, 1.82) is 0 Å². The molecule has 0 aromatic heterocycles. The third-order valence-electron chi connectivity index (χ3n) is 2.47. The molecule has 0 fully saturated rings. The van der Waals surface area contributed by atoms with Crippen molar-refractivity contribution in [2.75, 3.05) is 20.3 Å². The van der Waals surface area contributed by atoms with Crippen molar-refractivity contribution in [1.82, 2.24) is 0 Å². The first-order valence-electron chi connectivity index (χ1n) is 5.84. The number of methoxy groups -OCH3 is 1. The van der Waals surface area contributed by atoms with Gasteiger partial charge in [-0.3, -0.25) is 0 Å². The predicted octanol–water partition coefficient (Wildman–Crippen LogP) is 1.93. The number of aliphatic hydroxyl groups is 1. The van der Waals surface area contributed by atoms with Crippen LogP contribution in [-0.2, 0) is 0 Å². The summed E-state index contributed by atoms with van der Waals surface area (Å²) in [7, 11) is 1.51. The van der Waals surface area contributed by atoms with Crippen LogP contribution in [-0.4, -0.2) is 36.5 Å². The van der Waals surface area contributed by atoms with E-state index in [-0.39, 0.29) is 12.2 Å². The van der Waals surface area contributed by atoms with E-state index in [4.69, 9.17) is 19.7 Å². The Morgan fingerprint density at radius 3 is 2.61 bits per heavy atom. The number of aliphatic hydroxyl groups excluding tert-OH is 1.